The molecule has 0 spiro atoms. The van der Waals surface area contributed by atoms with Crippen LogP contribution in [-0.4, -0.2) is 76.2 Å². The highest BCUT2D eigenvalue weighted by molar-refractivity contribution is 5.90. The summed E-state index contributed by atoms with van der Waals surface area (Å²) < 4.78 is 35.1. The summed E-state index contributed by atoms with van der Waals surface area (Å²) in [6, 6.07) is 2.19. The lowest BCUT2D eigenvalue weighted by molar-refractivity contribution is -0.119. The van der Waals surface area contributed by atoms with Crippen LogP contribution < -0.4 is 15.1 Å². The van der Waals surface area contributed by atoms with Gasteiger partial charge >= 0.3 is 6.09 Å². The van der Waals surface area contributed by atoms with E-state index in [2.05, 4.69) is 20.7 Å². The van der Waals surface area contributed by atoms with Crippen LogP contribution in [0.3, 0.4) is 0 Å². The van der Waals surface area contributed by atoms with Crippen molar-refractivity contribution in [2.24, 2.45) is 0 Å². The van der Waals surface area contributed by atoms with E-state index in [0.717, 1.165) is 17.0 Å². The predicted molar refractivity (Wildman–Crippen MR) is 112 cm³/mol. The van der Waals surface area contributed by atoms with Gasteiger partial charge in [0.25, 0.3) is 0 Å². The third-order valence-electron chi connectivity index (χ3n) is 5.68. The van der Waals surface area contributed by atoms with Crippen LogP contribution in [0.5, 0.6) is 0 Å². The number of nitrogens with one attached hydrogen (secondary N) is 1. The molecule has 2 N–H and O–H groups in total. The number of benzene rings is 1. The topological polar surface area (TPSA) is 126 Å². The zero-order valence-corrected chi connectivity index (χ0v) is 18.1. The average Bonchev–Trinajstić information content (AvgIpc) is 3.39. The quantitative estimate of drug-likeness (QED) is 0.615. The van der Waals surface area contributed by atoms with E-state index in [4.69, 9.17) is 9.84 Å². The van der Waals surface area contributed by atoms with Crippen LogP contribution in [0, 0.1) is 11.6 Å². The average molecular weight is 465 g/mol. The van der Waals surface area contributed by atoms with Crippen molar-refractivity contribution in [1.29, 1.82) is 0 Å². The summed E-state index contributed by atoms with van der Waals surface area (Å²) in [6.45, 7) is 2.25. The molecule has 13 heteroatoms. The second kappa shape index (κ2) is 9.65. The Labute approximate surface area is 188 Å². The molecule has 2 saturated heterocycles. The number of nitrogens with zero attached hydrogens (tertiary/aromatic N) is 6. The first-order chi connectivity index (χ1) is 15.9. The Morgan fingerprint density at radius 2 is 1.97 bits per heavy atom. The van der Waals surface area contributed by atoms with E-state index < -0.39 is 23.8 Å². The number of anilines is 2. The first-order valence-electron chi connectivity index (χ1n) is 10.7. The van der Waals surface area contributed by atoms with E-state index in [9.17, 15) is 18.4 Å². The van der Waals surface area contributed by atoms with E-state index in [1.165, 1.54) is 11.7 Å². The second-order valence-corrected chi connectivity index (χ2v) is 8.03. The Kier molecular flexibility index (Phi) is 6.67. The van der Waals surface area contributed by atoms with E-state index >= 15 is 0 Å². The number of piperidine rings is 1. The third kappa shape index (κ3) is 5.02. The molecule has 33 heavy (non-hydrogen) atoms. The highest BCUT2D eigenvalue weighted by Crippen LogP contribution is 2.33. The molecule has 0 radical (unpaired) electrons. The molecular weight excluding hydrogens is 440 g/mol. The van der Waals surface area contributed by atoms with Crippen LogP contribution in [0.25, 0.3) is 0 Å². The Morgan fingerprint density at radius 1 is 1.27 bits per heavy atom. The van der Waals surface area contributed by atoms with Crippen LogP contribution in [0.1, 0.15) is 31.6 Å². The zero-order valence-electron chi connectivity index (χ0n) is 18.1. The summed E-state index contributed by atoms with van der Waals surface area (Å²) in [5, 5.41) is 23.7. The van der Waals surface area contributed by atoms with Gasteiger partial charge in [0.2, 0.25) is 5.91 Å². The van der Waals surface area contributed by atoms with Crippen molar-refractivity contribution in [1.82, 2.24) is 25.5 Å². The number of carbonyl (C=O) groups is 2. The minimum absolute atomic E-state index is 0.0495. The van der Waals surface area contributed by atoms with Gasteiger partial charge in [-0.15, -0.1) is 10.2 Å². The minimum atomic E-state index is -0.773. The maximum absolute atomic E-state index is 15.0. The van der Waals surface area contributed by atoms with E-state index in [0.29, 0.717) is 38.2 Å². The smallest absolute Gasteiger partial charge is 0.414 e. The molecule has 1 unspecified atom stereocenters. The van der Waals surface area contributed by atoms with Gasteiger partial charge in [-0.1, -0.05) is 0 Å². The minimum Gasteiger partial charge on any atom is -0.442 e. The number of hydrogen-bond acceptors (Lipinski definition) is 8. The van der Waals surface area contributed by atoms with Crippen LogP contribution in [0.15, 0.2) is 12.1 Å². The summed E-state index contributed by atoms with van der Waals surface area (Å²) in [7, 11) is 0. The first kappa shape index (κ1) is 22.8. The number of cyclic esters (lactones) is 1. The largest absolute Gasteiger partial charge is 0.442 e. The molecule has 2 aliphatic heterocycles. The second-order valence-electron chi connectivity index (χ2n) is 8.03. The zero-order chi connectivity index (χ0) is 23.5. The van der Waals surface area contributed by atoms with Crippen molar-refractivity contribution in [3.05, 3.63) is 29.6 Å². The maximum Gasteiger partial charge on any atom is 0.414 e. The lowest BCUT2D eigenvalue weighted by Gasteiger charge is -2.33. The molecule has 2 aromatic rings. The van der Waals surface area contributed by atoms with E-state index in [1.807, 2.05) is 0 Å². The molecule has 0 aliphatic carbocycles. The molecule has 2 aliphatic rings. The Morgan fingerprint density at radius 3 is 2.61 bits per heavy atom. The summed E-state index contributed by atoms with van der Waals surface area (Å²) in [4.78, 5) is 27.5. The lowest BCUT2D eigenvalue weighted by Crippen LogP contribution is -2.36. The molecule has 11 nitrogen and oxygen atoms in total. The normalized spacial score (nSPS) is 19.2. The molecule has 0 saturated carbocycles. The van der Waals surface area contributed by atoms with Gasteiger partial charge in [-0.3, -0.25) is 9.69 Å². The first-order valence-corrected chi connectivity index (χ1v) is 10.7. The molecule has 4 rings (SSSR count). The molecular formula is C20H25F2N7O4. The van der Waals surface area contributed by atoms with Crippen molar-refractivity contribution >= 4 is 23.4 Å². The number of halogens is 2. The standard InChI is InChI=1S/C20H25F2N7O4/c1-12(31)23-10-15-11-28(20(32)33-15)14-8-16(21)19(17(22)9-14)27-5-2-13(3-6-27)29-25-18(4-7-30)24-26-29/h8-9,13,15,30H,2-7,10-11H2,1H3,(H,23,31). The summed E-state index contributed by atoms with van der Waals surface area (Å²) in [5.74, 6) is -1.36. The fourth-order valence-corrected chi connectivity index (χ4v) is 4.04. The number of tetrazole rings is 1. The van der Waals surface area contributed by atoms with Gasteiger partial charge in [-0.25, -0.2) is 13.6 Å². The molecule has 178 valence electrons. The molecule has 1 atom stereocenters. The van der Waals surface area contributed by atoms with Gasteiger partial charge in [0.05, 0.1) is 31.4 Å². The number of ether oxygens (including phenoxy) is 1. The van der Waals surface area contributed by atoms with Crippen molar-refractivity contribution in [3.8, 4) is 0 Å². The van der Waals surface area contributed by atoms with Gasteiger partial charge < -0.3 is 20.1 Å². The van der Waals surface area contributed by atoms with Gasteiger partial charge in [0.1, 0.15) is 11.8 Å². The van der Waals surface area contributed by atoms with Gasteiger partial charge in [0.15, 0.2) is 17.5 Å². The van der Waals surface area contributed by atoms with E-state index in [-0.39, 0.29) is 43.0 Å². The molecule has 2 amide bonds. The molecule has 3 heterocycles. The van der Waals surface area contributed by atoms with E-state index in [1.54, 1.807) is 4.90 Å². The number of carbonyl (C=O) groups excluding carboxylic acids is 2. The number of aromatic nitrogens is 4. The molecule has 1 aromatic heterocycles. The Bertz CT molecular complexity index is 1000. The summed E-state index contributed by atoms with van der Waals surface area (Å²) in [5.41, 5.74) is -0.0886. The van der Waals surface area contributed by atoms with Crippen molar-refractivity contribution in [2.45, 2.75) is 38.3 Å². The maximum atomic E-state index is 15.0. The summed E-state index contributed by atoms with van der Waals surface area (Å²) >= 11 is 0. The van der Waals surface area contributed by atoms with Gasteiger partial charge in [-0.05, 0) is 18.1 Å². The third-order valence-corrected chi connectivity index (χ3v) is 5.68. The lowest BCUT2D eigenvalue weighted by atomic mass is 10.0. The van der Waals surface area contributed by atoms with Gasteiger partial charge in [-0.2, -0.15) is 4.80 Å². The SMILES string of the molecule is CC(=O)NCC1CN(c2cc(F)c(N3CCC(n4nnc(CCO)n4)CC3)c(F)c2)C(=O)O1. The number of rotatable bonds is 7. The van der Waals surface area contributed by atoms with Crippen molar-refractivity contribution in [2.75, 3.05) is 42.6 Å². The Hall–Kier alpha value is -3.35. The molecule has 2 fully saturated rings. The van der Waals surface area contributed by atoms with Crippen LogP contribution >= 0.6 is 0 Å². The number of hydrogen-bond donors (Lipinski definition) is 2. The number of amides is 2. The molecule has 1 aromatic carbocycles. The van der Waals surface area contributed by atoms with Crippen LogP contribution in [0.2, 0.25) is 0 Å². The van der Waals surface area contributed by atoms with Crippen LogP contribution in [-0.2, 0) is 16.0 Å². The fourth-order valence-electron chi connectivity index (χ4n) is 4.04. The fraction of sp³-hybridized carbons (Fsp3) is 0.550. The Balaban J connectivity index is 1.41. The highest BCUT2D eigenvalue weighted by atomic mass is 19.1. The number of aliphatic hydroxyl groups is 1. The van der Waals surface area contributed by atoms with Gasteiger partial charge in [0, 0.05) is 38.6 Å². The number of aliphatic hydroxyl groups excluding tert-OH is 1. The highest BCUT2D eigenvalue weighted by Gasteiger charge is 2.34. The monoisotopic (exact) mass is 465 g/mol. The predicted octanol–water partition coefficient (Wildman–Crippen LogP) is 0.789. The summed E-state index contributed by atoms with van der Waals surface area (Å²) in [6.07, 6.45) is 0.130. The van der Waals surface area contributed by atoms with Crippen molar-refractivity contribution in [3.63, 3.8) is 0 Å². The van der Waals surface area contributed by atoms with Crippen LogP contribution in [0.4, 0.5) is 25.0 Å². The van der Waals surface area contributed by atoms with Crippen molar-refractivity contribution < 1.29 is 28.2 Å². The molecule has 0 bridgehead atoms.